The third-order valence-electron chi connectivity index (χ3n) is 2.17. The second kappa shape index (κ2) is 6.20. The third-order valence-corrected chi connectivity index (χ3v) is 3.32. The molecule has 4 heteroatoms. The third kappa shape index (κ3) is 3.55. The Bertz CT molecular complexity index is 297. The second-order valence-electron chi connectivity index (χ2n) is 3.72. The van der Waals surface area contributed by atoms with E-state index in [2.05, 4.69) is 18.8 Å². The maximum absolute atomic E-state index is 5.70. The van der Waals surface area contributed by atoms with Gasteiger partial charge in [0.25, 0.3) is 0 Å². The van der Waals surface area contributed by atoms with Crippen LogP contribution in [0.5, 0.6) is 0 Å². The maximum Gasteiger partial charge on any atom is 0.0954 e. The highest BCUT2D eigenvalue weighted by atomic mass is 32.1. The Kier molecular flexibility index (Phi) is 5.22. The summed E-state index contributed by atoms with van der Waals surface area (Å²) in [5.74, 6) is 0.459. The van der Waals surface area contributed by atoms with E-state index >= 15 is 0 Å². The lowest BCUT2D eigenvalue weighted by molar-refractivity contribution is 0.151. The minimum absolute atomic E-state index is 0.459. The van der Waals surface area contributed by atoms with Crippen molar-refractivity contribution >= 4 is 11.3 Å². The molecule has 1 aromatic heterocycles. The van der Waals surface area contributed by atoms with Gasteiger partial charge < -0.3 is 10.5 Å². The van der Waals surface area contributed by atoms with E-state index in [1.807, 2.05) is 6.92 Å². The molecule has 2 N–H and O–H groups in total. The Morgan fingerprint density at radius 2 is 2.20 bits per heavy atom. The van der Waals surface area contributed by atoms with Crippen molar-refractivity contribution in [2.24, 2.45) is 5.73 Å². The quantitative estimate of drug-likeness (QED) is 0.760. The normalized spacial score (nSPS) is 11.3. The molecule has 1 aromatic rings. The molecule has 0 unspecified atom stereocenters. The number of hydrogen-bond acceptors (Lipinski definition) is 4. The van der Waals surface area contributed by atoms with Gasteiger partial charge in [-0.05, 0) is 12.8 Å². The molecular formula is C11H20N2OS. The second-order valence-corrected chi connectivity index (χ2v) is 4.89. The van der Waals surface area contributed by atoms with E-state index in [0.29, 0.717) is 12.5 Å². The average Bonchev–Trinajstić information content (AvgIpc) is 2.62. The molecule has 0 amide bonds. The molecule has 0 radical (unpaired) electrons. The van der Waals surface area contributed by atoms with Crippen LogP contribution in [0.4, 0.5) is 0 Å². The SMILES string of the molecule is CCOCCc1nc(C(C)C)c(CN)s1. The van der Waals surface area contributed by atoms with Crippen molar-refractivity contribution in [2.45, 2.75) is 39.7 Å². The highest BCUT2D eigenvalue weighted by molar-refractivity contribution is 7.11. The summed E-state index contributed by atoms with van der Waals surface area (Å²) in [6.07, 6.45) is 0.901. The van der Waals surface area contributed by atoms with Gasteiger partial charge in [-0.25, -0.2) is 4.98 Å². The molecule has 3 nitrogen and oxygen atoms in total. The fraction of sp³-hybridized carbons (Fsp3) is 0.727. The summed E-state index contributed by atoms with van der Waals surface area (Å²) in [5.41, 5.74) is 6.86. The zero-order valence-corrected chi connectivity index (χ0v) is 10.6. The summed E-state index contributed by atoms with van der Waals surface area (Å²) in [4.78, 5) is 5.83. The van der Waals surface area contributed by atoms with Gasteiger partial charge in [0, 0.05) is 24.4 Å². The number of ether oxygens (including phenoxy) is 1. The lowest BCUT2D eigenvalue weighted by atomic mass is 10.1. The van der Waals surface area contributed by atoms with E-state index in [0.717, 1.165) is 30.3 Å². The van der Waals surface area contributed by atoms with Crippen LogP contribution in [0.15, 0.2) is 0 Å². The van der Waals surface area contributed by atoms with Crippen LogP contribution >= 0.6 is 11.3 Å². The monoisotopic (exact) mass is 228 g/mol. The van der Waals surface area contributed by atoms with Crippen LogP contribution in [-0.2, 0) is 17.7 Å². The molecule has 0 spiro atoms. The van der Waals surface area contributed by atoms with Crippen LogP contribution in [0.3, 0.4) is 0 Å². The van der Waals surface area contributed by atoms with Crippen LogP contribution in [-0.4, -0.2) is 18.2 Å². The zero-order valence-electron chi connectivity index (χ0n) is 9.75. The summed E-state index contributed by atoms with van der Waals surface area (Å²) >= 11 is 1.72. The predicted octanol–water partition coefficient (Wildman–Crippen LogP) is 2.30. The van der Waals surface area contributed by atoms with Crippen molar-refractivity contribution in [3.05, 3.63) is 15.6 Å². The Morgan fingerprint density at radius 1 is 1.47 bits per heavy atom. The molecule has 0 aromatic carbocycles. The van der Waals surface area contributed by atoms with Crippen LogP contribution < -0.4 is 5.73 Å². The number of hydrogen-bond donors (Lipinski definition) is 1. The molecule has 0 atom stereocenters. The molecule has 0 aliphatic heterocycles. The standard InChI is InChI=1S/C11H20N2OS/c1-4-14-6-5-10-13-11(8(2)3)9(7-12)15-10/h8H,4-7,12H2,1-3H3. The van der Waals surface area contributed by atoms with Gasteiger partial charge in [0.2, 0.25) is 0 Å². The van der Waals surface area contributed by atoms with Gasteiger partial charge in [0.15, 0.2) is 0 Å². The first kappa shape index (κ1) is 12.6. The summed E-state index contributed by atoms with van der Waals surface area (Å²) < 4.78 is 5.32. The van der Waals surface area contributed by atoms with E-state index in [1.165, 1.54) is 4.88 Å². The van der Waals surface area contributed by atoms with E-state index < -0.39 is 0 Å². The van der Waals surface area contributed by atoms with Crippen molar-refractivity contribution in [3.8, 4) is 0 Å². The fourth-order valence-electron chi connectivity index (χ4n) is 1.42. The number of nitrogens with two attached hydrogens (primary N) is 1. The molecular weight excluding hydrogens is 208 g/mol. The first-order chi connectivity index (χ1) is 7.19. The Hall–Kier alpha value is -0.450. The van der Waals surface area contributed by atoms with E-state index in [9.17, 15) is 0 Å². The van der Waals surface area contributed by atoms with Gasteiger partial charge in [-0.15, -0.1) is 11.3 Å². The minimum atomic E-state index is 0.459. The molecule has 0 bridgehead atoms. The smallest absolute Gasteiger partial charge is 0.0954 e. The first-order valence-corrected chi connectivity index (χ1v) is 6.27. The minimum Gasteiger partial charge on any atom is -0.381 e. The summed E-state index contributed by atoms with van der Waals surface area (Å²) in [5, 5.41) is 1.15. The van der Waals surface area contributed by atoms with Crippen molar-refractivity contribution in [1.82, 2.24) is 4.98 Å². The van der Waals surface area contributed by atoms with Crippen LogP contribution in [0.2, 0.25) is 0 Å². The number of aromatic nitrogens is 1. The molecule has 1 rings (SSSR count). The molecule has 86 valence electrons. The van der Waals surface area contributed by atoms with Gasteiger partial charge in [0.05, 0.1) is 17.3 Å². The lowest BCUT2D eigenvalue weighted by Gasteiger charge is -2.01. The molecule has 1 heterocycles. The predicted molar refractivity (Wildman–Crippen MR) is 64.3 cm³/mol. The van der Waals surface area contributed by atoms with Crippen LogP contribution in [0.1, 0.15) is 42.3 Å². The topological polar surface area (TPSA) is 48.1 Å². The van der Waals surface area contributed by atoms with E-state index in [4.69, 9.17) is 10.5 Å². The fourth-order valence-corrected chi connectivity index (χ4v) is 2.51. The summed E-state index contributed by atoms with van der Waals surface area (Å²) in [7, 11) is 0. The zero-order chi connectivity index (χ0) is 11.3. The van der Waals surface area contributed by atoms with E-state index in [1.54, 1.807) is 11.3 Å². The maximum atomic E-state index is 5.70. The number of rotatable bonds is 6. The van der Waals surface area contributed by atoms with Gasteiger partial charge in [-0.3, -0.25) is 0 Å². The molecule has 0 fully saturated rings. The number of nitrogens with zero attached hydrogens (tertiary/aromatic N) is 1. The molecule has 0 saturated carbocycles. The Morgan fingerprint density at radius 3 is 2.67 bits per heavy atom. The van der Waals surface area contributed by atoms with Gasteiger partial charge in [-0.2, -0.15) is 0 Å². The van der Waals surface area contributed by atoms with Crippen LogP contribution in [0.25, 0.3) is 0 Å². The largest absolute Gasteiger partial charge is 0.381 e. The highest BCUT2D eigenvalue weighted by Crippen LogP contribution is 2.24. The first-order valence-electron chi connectivity index (χ1n) is 5.45. The Balaban J connectivity index is 2.65. The average molecular weight is 228 g/mol. The van der Waals surface area contributed by atoms with Gasteiger partial charge in [-0.1, -0.05) is 13.8 Å². The summed E-state index contributed by atoms with van der Waals surface area (Å²) in [6.45, 7) is 8.44. The lowest BCUT2D eigenvalue weighted by Crippen LogP contribution is -2.00. The van der Waals surface area contributed by atoms with Crippen molar-refractivity contribution in [1.29, 1.82) is 0 Å². The molecule has 0 aliphatic rings. The number of thiazole rings is 1. The van der Waals surface area contributed by atoms with Crippen molar-refractivity contribution in [2.75, 3.05) is 13.2 Å². The summed E-state index contributed by atoms with van der Waals surface area (Å²) in [6, 6.07) is 0. The molecule has 0 saturated heterocycles. The van der Waals surface area contributed by atoms with E-state index in [-0.39, 0.29) is 0 Å². The molecule has 15 heavy (non-hydrogen) atoms. The highest BCUT2D eigenvalue weighted by Gasteiger charge is 2.12. The van der Waals surface area contributed by atoms with Crippen LogP contribution in [0, 0.1) is 0 Å². The molecule has 0 aliphatic carbocycles. The van der Waals surface area contributed by atoms with Crippen molar-refractivity contribution < 1.29 is 4.74 Å². The van der Waals surface area contributed by atoms with Crippen molar-refractivity contribution in [3.63, 3.8) is 0 Å². The Labute approximate surface area is 95.7 Å². The van der Waals surface area contributed by atoms with Gasteiger partial charge >= 0.3 is 0 Å². The van der Waals surface area contributed by atoms with Gasteiger partial charge in [0.1, 0.15) is 0 Å².